The zero-order valence-electron chi connectivity index (χ0n) is 15.2. The van der Waals surface area contributed by atoms with Crippen LogP contribution in [-0.4, -0.2) is 33.0 Å². The number of hydrogen-bond acceptors (Lipinski definition) is 3. The van der Waals surface area contributed by atoms with Crippen molar-refractivity contribution in [1.82, 2.24) is 14.3 Å². The lowest BCUT2D eigenvalue weighted by Crippen LogP contribution is -2.39. The van der Waals surface area contributed by atoms with Gasteiger partial charge in [-0.1, -0.05) is 54.6 Å². The van der Waals surface area contributed by atoms with E-state index >= 15 is 0 Å². The van der Waals surface area contributed by atoms with Crippen molar-refractivity contribution >= 4 is 10.2 Å². The molecule has 0 saturated carbocycles. The van der Waals surface area contributed by atoms with Gasteiger partial charge in [-0.3, -0.25) is 4.90 Å². The van der Waals surface area contributed by atoms with E-state index in [9.17, 15) is 8.42 Å². The van der Waals surface area contributed by atoms with Crippen molar-refractivity contribution in [2.45, 2.75) is 26.4 Å². The Hall–Kier alpha value is -1.73. The summed E-state index contributed by atoms with van der Waals surface area (Å²) in [6, 6.07) is 18.0. The predicted molar refractivity (Wildman–Crippen MR) is 105 cm³/mol. The number of likely N-dealkylation sites (tertiary alicyclic amines) is 1. The topological polar surface area (TPSA) is 61.4 Å². The van der Waals surface area contributed by atoms with Gasteiger partial charge in [-0.2, -0.15) is 13.1 Å². The van der Waals surface area contributed by atoms with Crippen LogP contribution in [0.1, 0.15) is 23.1 Å². The van der Waals surface area contributed by atoms with E-state index in [1.807, 2.05) is 30.3 Å². The van der Waals surface area contributed by atoms with Crippen molar-refractivity contribution in [2.75, 3.05) is 19.6 Å². The molecule has 0 aromatic heterocycles. The second-order valence-electron chi connectivity index (χ2n) is 6.97. The Morgan fingerprint density at radius 3 is 2.54 bits per heavy atom. The number of nitrogens with one attached hydrogen (secondary N) is 2. The van der Waals surface area contributed by atoms with Gasteiger partial charge in [0.05, 0.1) is 0 Å². The van der Waals surface area contributed by atoms with Crippen LogP contribution in [-0.2, 0) is 23.3 Å². The molecule has 1 atom stereocenters. The molecule has 6 heteroatoms. The van der Waals surface area contributed by atoms with E-state index in [1.165, 1.54) is 11.1 Å². The molecule has 0 bridgehead atoms. The van der Waals surface area contributed by atoms with Crippen LogP contribution in [0.2, 0.25) is 0 Å². The van der Waals surface area contributed by atoms with Gasteiger partial charge in [-0.15, -0.1) is 0 Å². The van der Waals surface area contributed by atoms with Gasteiger partial charge in [0.1, 0.15) is 0 Å². The van der Waals surface area contributed by atoms with Crippen molar-refractivity contribution < 1.29 is 8.42 Å². The number of rotatable bonds is 8. The molecule has 0 aliphatic carbocycles. The average Bonchev–Trinajstić information content (AvgIpc) is 3.09. The fourth-order valence-corrected chi connectivity index (χ4v) is 4.22. The third kappa shape index (κ3) is 5.64. The van der Waals surface area contributed by atoms with E-state index < -0.39 is 10.2 Å². The molecule has 26 heavy (non-hydrogen) atoms. The molecule has 2 aromatic rings. The molecule has 5 nitrogen and oxygen atoms in total. The number of nitrogens with zero attached hydrogens (tertiary/aromatic N) is 1. The molecule has 0 unspecified atom stereocenters. The fourth-order valence-electron chi connectivity index (χ4n) is 3.30. The molecule has 2 aromatic carbocycles. The summed E-state index contributed by atoms with van der Waals surface area (Å²) >= 11 is 0. The molecule has 2 N–H and O–H groups in total. The van der Waals surface area contributed by atoms with Crippen LogP contribution in [0.4, 0.5) is 0 Å². The molecule has 0 spiro atoms. The normalized spacial score (nSPS) is 18.3. The van der Waals surface area contributed by atoms with Gasteiger partial charge in [0.25, 0.3) is 10.2 Å². The quantitative estimate of drug-likeness (QED) is 0.747. The second-order valence-corrected chi connectivity index (χ2v) is 8.56. The summed E-state index contributed by atoms with van der Waals surface area (Å²) in [6.07, 6.45) is 1.02. The van der Waals surface area contributed by atoms with E-state index in [4.69, 9.17) is 0 Å². The summed E-state index contributed by atoms with van der Waals surface area (Å²) in [5.74, 6) is 0.354. The monoisotopic (exact) mass is 373 g/mol. The lowest BCUT2D eigenvalue weighted by molar-refractivity contribution is 0.316. The van der Waals surface area contributed by atoms with Crippen molar-refractivity contribution in [3.05, 3.63) is 71.3 Å². The van der Waals surface area contributed by atoms with Crippen molar-refractivity contribution in [1.29, 1.82) is 0 Å². The Balaban J connectivity index is 1.43. The fraction of sp³-hybridized carbons (Fsp3) is 0.400. The minimum atomic E-state index is -3.47. The van der Waals surface area contributed by atoms with Crippen molar-refractivity contribution in [3.63, 3.8) is 0 Å². The van der Waals surface area contributed by atoms with Gasteiger partial charge in [-0.25, -0.2) is 4.72 Å². The second kappa shape index (κ2) is 8.77. The Morgan fingerprint density at radius 2 is 1.77 bits per heavy atom. The highest BCUT2D eigenvalue weighted by Crippen LogP contribution is 2.19. The molecule has 1 heterocycles. The SMILES string of the molecule is Cc1ccccc1CN1CC[C@@H](CNS(=O)(=O)NCc2ccccc2)C1. The lowest BCUT2D eigenvalue weighted by atomic mass is 10.1. The standard InChI is InChI=1S/C20H27N3O2S/c1-17-7-5-6-10-20(17)16-23-12-11-19(15-23)14-22-26(24,25)21-13-18-8-3-2-4-9-18/h2-10,19,21-22H,11-16H2,1H3/t19-/m0/s1. The molecule has 0 amide bonds. The lowest BCUT2D eigenvalue weighted by Gasteiger charge is -2.18. The van der Waals surface area contributed by atoms with E-state index in [0.29, 0.717) is 19.0 Å². The van der Waals surface area contributed by atoms with Crippen molar-refractivity contribution in [2.24, 2.45) is 5.92 Å². The molecule has 3 rings (SSSR count). The van der Waals surface area contributed by atoms with Gasteiger partial charge in [0, 0.05) is 26.2 Å². The molecule has 140 valence electrons. The average molecular weight is 374 g/mol. The first-order valence-electron chi connectivity index (χ1n) is 9.07. The molecule has 1 aliphatic rings. The number of hydrogen-bond donors (Lipinski definition) is 2. The van der Waals surface area contributed by atoms with Crippen LogP contribution in [0, 0.1) is 12.8 Å². The highest BCUT2D eigenvalue weighted by atomic mass is 32.2. The summed E-state index contributed by atoms with van der Waals surface area (Å²) in [4.78, 5) is 2.40. The van der Waals surface area contributed by atoms with Gasteiger partial charge in [0.2, 0.25) is 0 Å². The maximum Gasteiger partial charge on any atom is 0.277 e. The van der Waals surface area contributed by atoms with Gasteiger partial charge in [-0.05, 0) is 42.5 Å². The van der Waals surface area contributed by atoms with Crippen LogP contribution >= 0.6 is 0 Å². The summed E-state index contributed by atoms with van der Waals surface area (Å²) in [5, 5.41) is 0. The Kier molecular flexibility index (Phi) is 6.43. The van der Waals surface area contributed by atoms with E-state index in [1.54, 1.807) is 0 Å². The van der Waals surface area contributed by atoms with Crippen molar-refractivity contribution in [3.8, 4) is 0 Å². The van der Waals surface area contributed by atoms with E-state index in [-0.39, 0.29) is 0 Å². The third-order valence-electron chi connectivity index (χ3n) is 4.90. The molecular weight excluding hydrogens is 346 g/mol. The van der Waals surface area contributed by atoms with Crippen LogP contribution in [0.5, 0.6) is 0 Å². The highest BCUT2D eigenvalue weighted by molar-refractivity contribution is 7.87. The number of aryl methyl sites for hydroxylation is 1. The largest absolute Gasteiger partial charge is 0.299 e. The third-order valence-corrected chi connectivity index (χ3v) is 5.97. The number of benzene rings is 2. The maximum atomic E-state index is 12.1. The Morgan fingerprint density at radius 1 is 1.04 bits per heavy atom. The Labute approximate surface area is 156 Å². The summed E-state index contributed by atoms with van der Waals surface area (Å²) < 4.78 is 29.6. The van der Waals surface area contributed by atoms with Gasteiger partial charge < -0.3 is 0 Å². The zero-order valence-corrected chi connectivity index (χ0v) is 16.0. The minimum Gasteiger partial charge on any atom is -0.299 e. The van der Waals surface area contributed by atoms with E-state index in [0.717, 1.165) is 31.6 Å². The van der Waals surface area contributed by atoms with E-state index in [2.05, 4.69) is 45.5 Å². The molecule has 1 aliphatic heterocycles. The molecular formula is C20H27N3O2S. The highest BCUT2D eigenvalue weighted by Gasteiger charge is 2.24. The summed E-state index contributed by atoms with van der Waals surface area (Å²) in [7, 11) is -3.47. The first kappa shape index (κ1) is 19.0. The van der Waals surface area contributed by atoms with Crippen LogP contribution in [0.3, 0.4) is 0 Å². The minimum absolute atomic E-state index is 0.306. The predicted octanol–water partition coefficient (Wildman–Crippen LogP) is 2.44. The summed E-state index contributed by atoms with van der Waals surface area (Å²) in [6.45, 7) is 5.79. The first-order chi connectivity index (χ1) is 12.5. The van der Waals surface area contributed by atoms with Gasteiger partial charge >= 0.3 is 0 Å². The molecule has 0 radical (unpaired) electrons. The summed E-state index contributed by atoms with van der Waals surface area (Å²) in [5.41, 5.74) is 3.60. The molecule has 1 saturated heterocycles. The van der Waals surface area contributed by atoms with Crippen LogP contribution in [0.25, 0.3) is 0 Å². The smallest absolute Gasteiger partial charge is 0.277 e. The zero-order chi connectivity index (χ0) is 18.4. The van der Waals surface area contributed by atoms with Gasteiger partial charge in [0.15, 0.2) is 0 Å². The maximum absolute atomic E-state index is 12.1. The first-order valence-corrected chi connectivity index (χ1v) is 10.6. The van der Waals surface area contributed by atoms with Crippen LogP contribution in [0.15, 0.2) is 54.6 Å². The molecule has 1 fully saturated rings. The van der Waals surface area contributed by atoms with Crippen LogP contribution < -0.4 is 9.44 Å². The Bertz CT molecular complexity index is 809.